The van der Waals surface area contributed by atoms with E-state index < -0.39 is 12.3 Å². The van der Waals surface area contributed by atoms with E-state index in [-0.39, 0.29) is 11.0 Å². The molecule has 0 saturated heterocycles. The molecular formula is C14H25NO4PS2+. The molecule has 5 nitrogen and oxygen atoms in total. The van der Waals surface area contributed by atoms with Crippen LogP contribution >= 0.6 is 29.2 Å². The average Bonchev–Trinajstić information content (AvgIpc) is 2.35. The van der Waals surface area contributed by atoms with E-state index in [4.69, 9.17) is 0 Å². The molecular weight excluding hydrogens is 341 g/mol. The molecule has 126 valence electrons. The van der Waals surface area contributed by atoms with E-state index >= 15 is 0 Å². The lowest BCUT2D eigenvalue weighted by atomic mass is 10.1. The van der Waals surface area contributed by atoms with Crippen molar-refractivity contribution < 1.29 is 23.9 Å². The molecule has 1 aromatic carbocycles. The average molecular weight is 366 g/mol. The van der Waals surface area contributed by atoms with E-state index in [1.54, 1.807) is 21.1 Å². The third-order valence-electron chi connectivity index (χ3n) is 2.89. The van der Waals surface area contributed by atoms with Crippen molar-refractivity contribution in [3.63, 3.8) is 0 Å². The van der Waals surface area contributed by atoms with Crippen LogP contribution in [0.4, 0.5) is 0 Å². The van der Waals surface area contributed by atoms with E-state index in [1.807, 2.05) is 24.3 Å². The summed E-state index contributed by atoms with van der Waals surface area (Å²) >= 11 is 0. The Morgan fingerprint density at radius 3 is 2.32 bits per heavy atom. The summed E-state index contributed by atoms with van der Waals surface area (Å²) in [4.78, 5) is 20.1. The maximum atomic E-state index is 11.8. The topological polar surface area (TPSA) is 77.8 Å². The van der Waals surface area contributed by atoms with Gasteiger partial charge in [0.25, 0.3) is 4.67 Å². The van der Waals surface area contributed by atoms with Crippen molar-refractivity contribution in [2.45, 2.75) is 29.3 Å². The number of benzene rings is 1. The Morgan fingerprint density at radius 2 is 1.82 bits per heavy atom. The fourth-order valence-electron chi connectivity index (χ4n) is 1.96. The monoisotopic (exact) mass is 366 g/mol. The second kappa shape index (κ2) is 7.71. The molecule has 0 bridgehead atoms. The second-order valence-corrected chi connectivity index (χ2v) is 10.8. The van der Waals surface area contributed by atoms with Crippen molar-refractivity contribution in [2.24, 2.45) is 0 Å². The van der Waals surface area contributed by atoms with E-state index in [2.05, 4.69) is 6.92 Å². The standard InChI is InChI=1S/C14H24NO4PS2/c1-5-8-12-9-6-7-10-13(12)21-22-14(16,20(17,18)19)11-15(2,3)4/h6-7,9-10,16H,5,8,11H2,1-4H3,(H-,17,18,19)/p+1. The van der Waals surface area contributed by atoms with Crippen LogP contribution in [0, 0.1) is 0 Å². The van der Waals surface area contributed by atoms with Crippen molar-refractivity contribution in [1.82, 2.24) is 0 Å². The second-order valence-electron chi connectivity index (χ2n) is 6.26. The molecule has 0 spiro atoms. The van der Waals surface area contributed by atoms with Crippen molar-refractivity contribution in [2.75, 3.05) is 27.7 Å². The molecule has 1 unspecified atom stereocenters. The minimum Gasteiger partial charge on any atom is -0.364 e. The summed E-state index contributed by atoms with van der Waals surface area (Å²) in [5, 5.41) is 10.5. The summed E-state index contributed by atoms with van der Waals surface area (Å²) in [6.45, 7) is 2.03. The fourth-order valence-corrected chi connectivity index (χ4v) is 6.55. The largest absolute Gasteiger partial charge is 0.374 e. The van der Waals surface area contributed by atoms with Gasteiger partial charge in [-0.05, 0) is 28.8 Å². The van der Waals surface area contributed by atoms with Crippen molar-refractivity contribution in [3.05, 3.63) is 29.8 Å². The quantitative estimate of drug-likeness (QED) is 0.284. The highest BCUT2D eigenvalue weighted by Crippen LogP contribution is 2.60. The number of aryl methyl sites for hydroxylation is 1. The van der Waals surface area contributed by atoms with Gasteiger partial charge in [-0.2, -0.15) is 0 Å². The number of aliphatic hydroxyl groups is 1. The number of hydrogen-bond acceptors (Lipinski definition) is 4. The van der Waals surface area contributed by atoms with Gasteiger partial charge in [-0.25, -0.2) is 0 Å². The van der Waals surface area contributed by atoms with Crippen LogP contribution < -0.4 is 0 Å². The predicted octanol–water partition coefficient (Wildman–Crippen LogP) is 2.91. The maximum Gasteiger partial charge on any atom is 0.374 e. The van der Waals surface area contributed by atoms with Crippen LogP contribution in [0.15, 0.2) is 29.2 Å². The molecule has 0 amide bonds. The van der Waals surface area contributed by atoms with Gasteiger partial charge in [-0.1, -0.05) is 42.3 Å². The lowest BCUT2D eigenvalue weighted by Gasteiger charge is -2.34. The van der Waals surface area contributed by atoms with Gasteiger partial charge < -0.3 is 19.4 Å². The Morgan fingerprint density at radius 1 is 1.23 bits per heavy atom. The van der Waals surface area contributed by atoms with Crippen LogP contribution in [-0.4, -0.2) is 51.7 Å². The summed E-state index contributed by atoms with van der Waals surface area (Å²) < 4.78 is 9.90. The van der Waals surface area contributed by atoms with Gasteiger partial charge in [0, 0.05) is 4.90 Å². The van der Waals surface area contributed by atoms with Crippen molar-refractivity contribution in [1.29, 1.82) is 0 Å². The normalized spacial score (nSPS) is 15.6. The first-order valence-electron chi connectivity index (χ1n) is 7.00. The third-order valence-corrected chi connectivity index (χ3v) is 7.98. The predicted molar refractivity (Wildman–Crippen MR) is 93.8 cm³/mol. The molecule has 0 aromatic heterocycles. The van der Waals surface area contributed by atoms with Gasteiger partial charge in [0.1, 0.15) is 6.54 Å². The highest BCUT2D eigenvalue weighted by Gasteiger charge is 2.51. The molecule has 0 aliphatic rings. The Labute approximate surface area is 140 Å². The zero-order chi connectivity index (χ0) is 17.0. The molecule has 0 heterocycles. The molecule has 1 rings (SSSR count). The minimum absolute atomic E-state index is 0.0507. The number of likely N-dealkylation sites (N-methyl/N-ethyl adjacent to an activating group) is 1. The van der Waals surface area contributed by atoms with Crippen LogP contribution in [0.1, 0.15) is 18.9 Å². The highest BCUT2D eigenvalue weighted by atomic mass is 33.1. The van der Waals surface area contributed by atoms with Crippen molar-refractivity contribution in [3.8, 4) is 0 Å². The molecule has 1 atom stereocenters. The first-order valence-corrected chi connectivity index (χ1v) is 10.8. The summed E-state index contributed by atoms with van der Waals surface area (Å²) in [5.74, 6) is 0. The molecule has 22 heavy (non-hydrogen) atoms. The van der Waals surface area contributed by atoms with Crippen LogP contribution in [0.2, 0.25) is 0 Å². The Bertz CT molecular complexity index is 544. The van der Waals surface area contributed by atoms with Gasteiger partial charge in [0.05, 0.1) is 21.1 Å². The van der Waals surface area contributed by atoms with Gasteiger partial charge in [-0.15, -0.1) is 0 Å². The van der Waals surface area contributed by atoms with Crippen molar-refractivity contribution >= 4 is 29.2 Å². The van der Waals surface area contributed by atoms with Crippen LogP contribution in [0.25, 0.3) is 0 Å². The Hall–Kier alpha value is -0.0100. The lowest BCUT2D eigenvalue weighted by molar-refractivity contribution is -0.873. The summed E-state index contributed by atoms with van der Waals surface area (Å²) in [5.41, 5.74) is 1.13. The first-order chi connectivity index (χ1) is 9.98. The number of rotatable bonds is 8. The molecule has 0 aliphatic heterocycles. The SMILES string of the molecule is CCCc1ccccc1SSC(O)(C[N+](C)(C)C)P(=O)(O)O. The van der Waals surface area contributed by atoms with E-state index in [0.717, 1.165) is 34.1 Å². The smallest absolute Gasteiger partial charge is 0.364 e. The zero-order valence-corrected chi connectivity index (χ0v) is 15.9. The maximum absolute atomic E-state index is 11.8. The zero-order valence-electron chi connectivity index (χ0n) is 13.4. The molecule has 8 heteroatoms. The minimum atomic E-state index is -4.67. The van der Waals surface area contributed by atoms with Gasteiger partial charge in [-0.3, -0.25) is 4.57 Å². The van der Waals surface area contributed by atoms with Gasteiger partial charge >= 0.3 is 7.60 Å². The third kappa shape index (κ3) is 5.89. The van der Waals surface area contributed by atoms with Gasteiger partial charge in [0.15, 0.2) is 0 Å². The number of nitrogens with zero attached hydrogens (tertiary/aromatic N) is 1. The summed E-state index contributed by atoms with van der Waals surface area (Å²) in [6.07, 6.45) is 1.89. The van der Waals surface area contributed by atoms with Gasteiger partial charge in [0.2, 0.25) is 0 Å². The van der Waals surface area contributed by atoms with Crippen LogP contribution in [0.3, 0.4) is 0 Å². The van der Waals surface area contributed by atoms with Crippen LogP contribution in [-0.2, 0) is 11.0 Å². The molecule has 0 fully saturated rings. The lowest BCUT2D eigenvalue weighted by Crippen LogP contribution is -2.47. The Balaban J connectivity index is 2.96. The molecule has 0 radical (unpaired) electrons. The fraction of sp³-hybridized carbons (Fsp3) is 0.571. The summed E-state index contributed by atoms with van der Waals surface area (Å²) in [7, 11) is 2.77. The number of hydrogen-bond donors (Lipinski definition) is 3. The first kappa shape index (κ1) is 20.0. The van der Waals surface area contributed by atoms with Crippen LogP contribution in [0.5, 0.6) is 0 Å². The molecule has 1 aromatic rings. The van der Waals surface area contributed by atoms with E-state index in [1.165, 1.54) is 10.8 Å². The summed E-state index contributed by atoms with van der Waals surface area (Å²) in [6, 6.07) is 7.75. The molecule has 0 saturated carbocycles. The van der Waals surface area contributed by atoms with E-state index in [0.29, 0.717) is 0 Å². The Kier molecular flexibility index (Phi) is 7.02. The molecule has 3 N–H and O–H groups in total. The highest BCUT2D eigenvalue weighted by molar-refractivity contribution is 8.78. The molecule has 0 aliphatic carbocycles. The number of quaternary nitrogens is 1. The van der Waals surface area contributed by atoms with E-state index in [9.17, 15) is 19.5 Å².